The Morgan fingerprint density at radius 2 is 1.90 bits per heavy atom. The first-order valence-corrected chi connectivity index (χ1v) is 5.74. The lowest BCUT2D eigenvalue weighted by Gasteiger charge is -2.34. The van der Waals surface area contributed by atoms with Crippen molar-refractivity contribution in [2.75, 3.05) is 0 Å². The van der Waals surface area contributed by atoms with E-state index < -0.39 is 22.9 Å². The van der Waals surface area contributed by atoms with Gasteiger partial charge in [-0.25, -0.2) is 0 Å². The van der Waals surface area contributed by atoms with Gasteiger partial charge in [-0.05, 0) is 25.1 Å². The van der Waals surface area contributed by atoms with E-state index in [0.29, 0.717) is 11.5 Å². The summed E-state index contributed by atoms with van der Waals surface area (Å²) < 4.78 is 10.3. The van der Waals surface area contributed by atoms with Crippen molar-refractivity contribution >= 4 is 37.2 Å². The van der Waals surface area contributed by atoms with Crippen molar-refractivity contribution in [3.8, 4) is 11.5 Å². The number of Topliss-reactive ketones (excluding diaryl/α,β-unsaturated/α-hetero) is 1. The summed E-state index contributed by atoms with van der Waals surface area (Å²) in [5.41, 5.74) is -3.73. The van der Waals surface area contributed by atoms with Gasteiger partial charge in [-0.1, -0.05) is 0 Å². The first-order chi connectivity index (χ1) is 9.08. The summed E-state index contributed by atoms with van der Waals surface area (Å²) in [6.07, 6.45) is -0.907. The smallest absolute Gasteiger partial charge is 0.189 e. The molecule has 0 aliphatic carbocycles. The van der Waals surface area contributed by atoms with Crippen LogP contribution in [0.15, 0.2) is 18.2 Å². The molecule has 0 aromatic heterocycles. The average molecular weight is 262 g/mol. The lowest BCUT2D eigenvalue weighted by atomic mass is 9.66. The van der Waals surface area contributed by atoms with Gasteiger partial charge in [0.15, 0.2) is 31.3 Å². The molecule has 5 nitrogen and oxygen atoms in total. The predicted molar refractivity (Wildman–Crippen MR) is 75.3 cm³/mol. The number of aliphatic hydroxyl groups is 1. The summed E-state index contributed by atoms with van der Waals surface area (Å²) in [6, 6.07) is 4.45. The van der Waals surface area contributed by atoms with Gasteiger partial charge in [0.25, 0.3) is 0 Å². The largest absolute Gasteiger partial charge is 0.461 e. The van der Waals surface area contributed by atoms with Gasteiger partial charge in [0.05, 0.1) is 0 Å². The van der Waals surface area contributed by atoms with E-state index in [1.807, 2.05) is 0 Å². The van der Waals surface area contributed by atoms with Crippen LogP contribution in [-0.4, -0.2) is 59.4 Å². The Labute approximate surface area is 122 Å². The molecule has 0 fully saturated rings. The quantitative estimate of drug-likeness (QED) is 0.393. The molecule has 1 heterocycles. The maximum atomic E-state index is 12.3. The fourth-order valence-corrected chi connectivity index (χ4v) is 1.89. The zero-order valence-electron chi connectivity index (χ0n) is 10.8. The van der Waals surface area contributed by atoms with Crippen LogP contribution in [0.2, 0.25) is 0 Å². The molecule has 9 heteroatoms. The minimum atomic E-state index is -2.28. The van der Waals surface area contributed by atoms with Crippen LogP contribution in [-0.2, 0) is 0 Å². The third-order valence-electron chi connectivity index (χ3n) is 2.62. The molecule has 0 saturated carbocycles. The van der Waals surface area contributed by atoms with Crippen LogP contribution in [0.5, 0.6) is 11.5 Å². The van der Waals surface area contributed by atoms with Crippen LogP contribution >= 0.6 is 0 Å². The molecule has 2 rings (SSSR count). The third kappa shape index (κ3) is 3.22. The predicted octanol–water partition coefficient (Wildman–Crippen LogP) is -1.49. The highest BCUT2D eigenvalue weighted by Crippen LogP contribution is 2.35. The van der Waals surface area contributed by atoms with E-state index in [1.165, 1.54) is 25.1 Å². The second kappa shape index (κ2) is 4.90. The lowest BCUT2D eigenvalue weighted by molar-refractivity contribution is 0.0848. The molecule has 0 saturated heterocycles. The molecule has 0 bridgehead atoms. The molecule has 20 heavy (non-hydrogen) atoms. The Morgan fingerprint density at radius 1 is 1.30 bits per heavy atom. The molecule has 2 unspecified atom stereocenters. The number of benzene rings is 1. The van der Waals surface area contributed by atoms with E-state index in [0.717, 1.165) is 0 Å². The molecular weight excluding hydrogens is 253 g/mol. The normalized spacial score (nSPS) is 20.4. The SMILES string of the molecule is [B]C1Oc2ccc(C(=O)C([B])(C)NC([B])([B])O)cc2O1. The third-order valence-corrected chi connectivity index (χ3v) is 2.62. The number of hydrogen-bond donors (Lipinski definition) is 2. The van der Waals surface area contributed by atoms with Crippen LogP contribution in [0.1, 0.15) is 17.3 Å². The molecular formula is C11H9B4NO4. The van der Waals surface area contributed by atoms with E-state index >= 15 is 0 Å². The van der Waals surface area contributed by atoms with E-state index in [1.54, 1.807) is 0 Å². The van der Waals surface area contributed by atoms with E-state index in [2.05, 4.69) is 5.32 Å². The number of fused-ring (bicyclic) bond motifs is 1. The number of ether oxygens (including phenoxy) is 2. The van der Waals surface area contributed by atoms with Gasteiger partial charge in [-0.15, -0.1) is 0 Å². The number of carbonyl (C=O) groups excluding carboxylic acids is 1. The van der Waals surface area contributed by atoms with Gasteiger partial charge >= 0.3 is 0 Å². The Bertz CT molecular complexity index is 544. The van der Waals surface area contributed by atoms with Gasteiger partial charge in [0.2, 0.25) is 0 Å². The Balaban J connectivity index is 2.24. The van der Waals surface area contributed by atoms with Crippen molar-refractivity contribution in [1.82, 2.24) is 5.32 Å². The molecule has 1 aromatic carbocycles. The van der Waals surface area contributed by atoms with E-state index in [-0.39, 0.29) is 5.56 Å². The fraction of sp³-hybridized carbons (Fsp3) is 0.364. The zero-order valence-corrected chi connectivity index (χ0v) is 10.8. The highest BCUT2D eigenvalue weighted by Gasteiger charge is 2.33. The van der Waals surface area contributed by atoms with Crippen molar-refractivity contribution in [3.63, 3.8) is 0 Å². The second-order valence-corrected chi connectivity index (χ2v) is 4.75. The van der Waals surface area contributed by atoms with Gasteiger partial charge < -0.3 is 19.9 Å². The van der Waals surface area contributed by atoms with Gasteiger partial charge in [0.1, 0.15) is 23.5 Å². The van der Waals surface area contributed by atoms with Crippen molar-refractivity contribution in [2.24, 2.45) is 0 Å². The highest BCUT2D eigenvalue weighted by atomic mass is 16.7. The first-order valence-electron chi connectivity index (χ1n) is 5.74. The van der Waals surface area contributed by atoms with Crippen LogP contribution in [0.4, 0.5) is 0 Å². The first kappa shape index (κ1) is 15.1. The van der Waals surface area contributed by atoms with Crippen LogP contribution in [0.25, 0.3) is 0 Å². The summed E-state index contributed by atoms with van der Waals surface area (Å²) >= 11 is 0. The maximum absolute atomic E-state index is 12.3. The van der Waals surface area contributed by atoms with Crippen LogP contribution in [0.3, 0.4) is 0 Å². The number of carbonyl (C=O) groups is 1. The van der Waals surface area contributed by atoms with Gasteiger partial charge in [-0.3, -0.25) is 4.79 Å². The summed E-state index contributed by atoms with van der Waals surface area (Å²) in [4.78, 5) is 12.3. The topological polar surface area (TPSA) is 67.8 Å². The summed E-state index contributed by atoms with van der Waals surface area (Å²) in [5.74, 6) is 0.212. The summed E-state index contributed by atoms with van der Waals surface area (Å²) in [6.45, 7) is 1.33. The number of nitrogens with one attached hydrogen (secondary N) is 1. The molecule has 0 amide bonds. The second-order valence-electron chi connectivity index (χ2n) is 4.75. The Kier molecular flexibility index (Phi) is 3.69. The van der Waals surface area contributed by atoms with Gasteiger partial charge in [0, 0.05) is 16.5 Å². The molecule has 1 aliphatic rings. The van der Waals surface area contributed by atoms with Crippen molar-refractivity contribution < 1.29 is 19.4 Å². The Morgan fingerprint density at radius 3 is 2.50 bits per heavy atom. The summed E-state index contributed by atoms with van der Waals surface area (Å²) in [7, 11) is 21.6. The molecule has 1 aromatic rings. The van der Waals surface area contributed by atoms with Crippen LogP contribution < -0.4 is 14.8 Å². The molecule has 8 radical (unpaired) electrons. The maximum Gasteiger partial charge on any atom is 0.189 e. The number of rotatable bonds is 4. The minimum absolute atomic E-state index is 0.225. The zero-order chi connectivity index (χ0) is 15.1. The molecule has 2 N–H and O–H groups in total. The minimum Gasteiger partial charge on any atom is -0.461 e. The van der Waals surface area contributed by atoms with Gasteiger partial charge in [-0.2, -0.15) is 0 Å². The monoisotopic (exact) mass is 263 g/mol. The van der Waals surface area contributed by atoms with E-state index in [9.17, 15) is 9.90 Å². The van der Waals surface area contributed by atoms with Crippen LogP contribution in [0, 0.1) is 0 Å². The molecule has 94 valence electrons. The number of hydrogen-bond acceptors (Lipinski definition) is 5. The molecule has 2 atom stereocenters. The standard InChI is InChI=1S/C11H9B4NO4/c1-10(13,16-11(14,15)18)8(17)5-2-3-6-7(4-5)20-9(12)19-6/h2-4,9,16,18H,1H3. The molecule has 0 spiro atoms. The average Bonchev–Trinajstić information content (AvgIpc) is 2.63. The Hall–Kier alpha value is -1.33. The van der Waals surface area contributed by atoms with Crippen molar-refractivity contribution in [3.05, 3.63) is 23.8 Å². The van der Waals surface area contributed by atoms with Crippen molar-refractivity contribution in [1.29, 1.82) is 0 Å². The summed E-state index contributed by atoms with van der Waals surface area (Å²) in [5, 5.41) is 11.5. The van der Waals surface area contributed by atoms with E-state index in [4.69, 9.17) is 40.9 Å². The lowest BCUT2D eigenvalue weighted by Crippen LogP contribution is -2.61. The molecule has 1 aliphatic heterocycles. The highest BCUT2D eigenvalue weighted by molar-refractivity contribution is 6.40. The van der Waals surface area contributed by atoms with Crippen molar-refractivity contribution in [2.45, 2.75) is 24.1 Å². The fourth-order valence-electron chi connectivity index (χ4n) is 1.89. The number of ketones is 1.